The molecule has 0 saturated carbocycles. The van der Waals surface area contributed by atoms with Gasteiger partial charge in [-0.3, -0.25) is 0 Å². The number of rotatable bonds is 2. The van der Waals surface area contributed by atoms with Crippen LogP contribution in [0.3, 0.4) is 0 Å². The van der Waals surface area contributed by atoms with Crippen molar-refractivity contribution < 1.29 is 0 Å². The Morgan fingerprint density at radius 2 is 1.02 bits per heavy atom. The molecular weight excluding hydrogens is 766 g/mol. The monoisotopic (exact) mass is 807 g/mol. The van der Waals surface area contributed by atoms with Gasteiger partial charge in [-0.15, -0.1) is 22.7 Å². The van der Waals surface area contributed by atoms with Crippen molar-refractivity contribution in [3.05, 3.63) is 151 Å². The Balaban J connectivity index is 0.000000697. The van der Waals surface area contributed by atoms with E-state index in [1.165, 1.54) is 74.3 Å². The van der Waals surface area contributed by atoms with E-state index in [1.807, 2.05) is 58.9 Å². The molecule has 12 rings (SSSR count). The van der Waals surface area contributed by atoms with Crippen LogP contribution >= 0.6 is 34.3 Å². The Bertz CT molecular complexity index is 3480. The van der Waals surface area contributed by atoms with Gasteiger partial charge in [0.2, 0.25) is 0 Å². The second-order valence-corrected chi connectivity index (χ2v) is 15.8. The maximum Gasteiger partial charge on any atom is 0.156 e. The van der Waals surface area contributed by atoms with Gasteiger partial charge in [0.05, 0.1) is 15.7 Å². The van der Waals surface area contributed by atoms with Gasteiger partial charge in [0.15, 0.2) is 5.15 Å². The van der Waals surface area contributed by atoms with Gasteiger partial charge >= 0.3 is 0 Å². The van der Waals surface area contributed by atoms with Crippen molar-refractivity contribution in [2.45, 2.75) is 41.5 Å². The van der Waals surface area contributed by atoms with Crippen LogP contribution in [0.25, 0.3) is 112 Å². The highest BCUT2D eigenvalue weighted by molar-refractivity contribution is 7.27. The molecule has 0 bridgehead atoms. The smallest absolute Gasteiger partial charge is 0.156 e. The van der Waals surface area contributed by atoms with E-state index in [-0.39, 0.29) is 0 Å². The molecule has 0 atom stereocenters. The van der Waals surface area contributed by atoms with Gasteiger partial charge in [-0.25, -0.2) is 9.97 Å². The molecule has 0 amide bonds. The van der Waals surface area contributed by atoms with E-state index in [0.29, 0.717) is 10.8 Å². The SMILES string of the molecule is CC.CC.CC.Clc1nc2c(nc1-c1ccc(-n3c4c5ccccc5ccc4c4c5ccccc5c5c6ccc7ccccc7c6sc5c43)cc1)sc1ccccc12. The van der Waals surface area contributed by atoms with E-state index in [0.717, 1.165) is 31.7 Å². The fraction of sp³-hybridized carbons (Fsp3) is 0.115. The zero-order valence-electron chi connectivity index (χ0n) is 33.4. The zero-order chi connectivity index (χ0) is 40.1. The predicted octanol–water partition coefficient (Wildman–Crippen LogP) is 17.2. The number of halogens is 1. The third-order valence-corrected chi connectivity index (χ3v) is 13.2. The molecule has 0 fully saturated rings. The molecule has 12 aromatic rings. The van der Waals surface area contributed by atoms with Crippen LogP contribution in [0.15, 0.2) is 146 Å². The van der Waals surface area contributed by atoms with Crippen LogP contribution in [0, 0.1) is 0 Å². The Hall–Kier alpha value is -5.85. The summed E-state index contributed by atoms with van der Waals surface area (Å²) in [6, 6.07) is 52.6. The minimum absolute atomic E-state index is 0.414. The van der Waals surface area contributed by atoms with Crippen LogP contribution in [0.1, 0.15) is 41.5 Å². The number of fused-ring (bicyclic) bond motifs is 17. The molecule has 0 aliphatic carbocycles. The number of hydrogen-bond donors (Lipinski definition) is 0. The lowest BCUT2D eigenvalue weighted by atomic mass is 9.97. The van der Waals surface area contributed by atoms with Gasteiger partial charge in [-0.2, -0.15) is 0 Å². The first-order valence-corrected chi connectivity index (χ1v) is 22.3. The standard InChI is InChI=1S/C46H24ClN3S2.3C2H6/c47-45-39(49-46-40(48-45)33-15-7-8-16-36(33)51-46)27-17-21-28(22-18-27)50-41-29-11-3-1-9-25(29)19-23-34(41)37-31-13-5-6-14-32(31)38-35-24-20-26-10-2-4-12-30(26)43(35)52-44(38)42(37)50;3*1-2/h1-24H;3*1-2H3. The summed E-state index contributed by atoms with van der Waals surface area (Å²) in [6.07, 6.45) is 0. The largest absolute Gasteiger partial charge is 0.307 e. The summed E-state index contributed by atoms with van der Waals surface area (Å²) in [7, 11) is 0. The van der Waals surface area contributed by atoms with Crippen LogP contribution in [0.5, 0.6) is 0 Å². The predicted molar refractivity (Wildman–Crippen MR) is 259 cm³/mol. The maximum absolute atomic E-state index is 6.88. The van der Waals surface area contributed by atoms with Crippen molar-refractivity contribution in [2.24, 2.45) is 0 Å². The molecule has 0 unspecified atom stereocenters. The lowest BCUT2D eigenvalue weighted by Gasteiger charge is -2.12. The summed E-state index contributed by atoms with van der Waals surface area (Å²) < 4.78 is 6.29. The van der Waals surface area contributed by atoms with Crippen LogP contribution in [-0.2, 0) is 0 Å². The van der Waals surface area contributed by atoms with Crippen LogP contribution in [0.2, 0.25) is 5.15 Å². The van der Waals surface area contributed by atoms with Crippen LogP contribution in [-0.4, -0.2) is 14.5 Å². The lowest BCUT2D eigenvalue weighted by molar-refractivity contribution is 1.19. The van der Waals surface area contributed by atoms with E-state index in [9.17, 15) is 0 Å². The normalized spacial score (nSPS) is 11.4. The first-order valence-electron chi connectivity index (χ1n) is 20.3. The van der Waals surface area contributed by atoms with Gasteiger partial charge in [0.25, 0.3) is 0 Å². The van der Waals surface area contributed by atoms with Crippen molar-refractivity contribution in [3.63, 3.8) is 0 Å². The summed E-state index contributed by atoms with van der Waals surface area (Å²) >= 11 is 10.5. The Morgan fingerprint density at radius 3 is 1.72 bits per heavy atom. The molecule has 0 radical (unpaired) electrons. The highest BCUT2D eigenvalue weighted by Gasteiger charge is 2.24. The summed E-state index contributed by atoms with van der Waals surface area (Å²) in [6.45, 7) is 12.0. The minimum Gasteiger partial charge on any atom is -0.307 e. The van der Waals surface area contributed by atoms with Crippen molar-refractivity contribution >= 4 is 129 Å². The lowest BCUT2D eigenvalue weighted by Crippen LogP contribution is -1.96. The topological polar surface area (TPSA) is 30.7 Å². The quantitative estimate of drug-likeness (QED) is 0.174. The minimum atomic E-state index is 0.414. The van der Waals surface area contributed by atoms with Gasteiger partial charge < -0.3 is 4.57 Å². The molecule has 0 aliphatic heterocycles. The molecule has 6 heteroatoms. The average Bonchev–Trinajstić information content (AvgIpc) is 3.99. The van der Waals surface area contributed by atoms with Crippen LogP contribution < -0.4 is 0 Å². The first kappa shape index (κ1) is 37.7. The molecule has 284 valence electrons. The van der Waals surface area contributed by atoms with Crippen molar-refractivity contribution in [3.8, 4) is 16.9 Å². The Kier molecular flexibility index (Phi) is 10.1. The Morgan fingerprint density at radius 1 is 0.448 bits per heavy atom. The summed E-state index contributed by atoms with van der Waals surface area (Å²) in [5.74, 6) is 0. The fourth-order valence-corrected chi connectivity index (χ4v) is 11.1. The van der Waals surface area contributed by atoms with Crippen LogP contribution in [0.4, 0.5) is 0 Å². The van der Waals surface area contributed by atoms with E-state index >= 15 is 0 Å². The van der Waals surface area contributed by atoms with Crippen molar-refractivity contribution in [2.75, 3.05) is 0 Å². The van der Waals surface area contributed by atoms with E-state index in [4.69, 9.17) is 21.6 Å². The third kappa shape index (κ3) is 5.67. The van der Waals surface area contributed by atoms with E-state index < -0.39 is 0 Å². The zero-order valence-corrected chi connectivity index (χ0v) is 35.8. The maximum atomic E-state index is 6.88. The number of hydrogen-bond acceptors (Lipinski definition) is 4. The second-order valence-electron chi connectivity index (χ2n) is 13.4. The average molecular weight is 809 g/mol. The van der Waals surface area contributed by atoms with Gasteiger partial charge in [0.1, 0.15) is 16.0 Å². The highest BCUT2D eigenvalue weighted by Crippen LogP contribution is 2.50. The van der Waals surface area contributed by atoms with E-state index in [2.05, 4.69) is 144 Å². The number of nitrogens with zero attached hydrogens (tertiary/aromatic N) is 3. The fourth-order valence-electron chi connectivity index (χ4n) is 8.43. The second kappa shape index (κ2) is 15.5. The number of thiophene rings is 2. The van der Waals surface area contributed by atoms with Crippen molar-refractivity contribution in [1.82, 2.24) is 14.5 Å². The molecule has 3 nitrogen and oxygen atoms in total. The molecule has 0 saturated heterocycles. The highest BCUT2D eigenvalue weighted by atomic mass is 35.5. The van der Waals surface area contributed by atoms with Gasteiger partial charge in [-0.05, 0) is 45.1 Å². The molecule has 0 N–H and O–H groups in total. The first-order chi connectivity index (χ1) is 28.7. The molecule has 0 aliphatic rings. The van der Waals surface area contributed by atoms with Gasteiger partial charge in [0, 0.05) is 53.0 Å². The van der Waals surface area contributed by atoms with Crippen molar-refractivity contribution in [1.29, 1.82) is 0 Å². The molecule has 8 aromatic carbocycles. The molecule has 58 heavy (non-hydrogen) atoms. The summed E-state index contributed by atoms with van der Waals surface area (Å²) in [5.41, 5.74) is 6.04. The number of benzene rings is 8. The molecular formula is C52H42ClN3S2. The molecule has 4 heterocycles. The number of aromatic nitrogens is 3. The van der Waals surface area contributed by atoms with E-state index in [1.54, 1.807) is 11.3 Å². The third-order valence-electron chi connectivity index (χ3n) is 10.7. The Labute approximate surface area is 350 Å². The van der Waals surface area contributed by atoms with Gasteiger partial charge in [-0.1, -0.05) is 181 Å². The summed E-state index contributed by atoms with van der Waals surface area (Å²) in [4.78, 5) is 10.8. The molecule has 4 aromatic heterocycles. The molecule has 0 spiro atoms. The summed E-state index contributed by atoms with van der Waals surface area (Å²) in [5, 5.41) is 14.2.